The van der Waals surface area contributed by atoms with Crippen LogP contribution in [0.5, 0.6) is 5.75 Å². The monoisotopic (exact) mass is 414 g/mol. The summed E-state index contributed by atoms with van der Waals surface area (Å²) in [6.07, 6.45) is 6.30. The second kappa shape index (κ2) is 12.8. The molecule has 0 aliphatic rings. The lowest BCUT2D eigenvalue weighted by atomic mass is 10.1. The second-order valence-electron chi connectivity index (χ2n) is 5.68. The summed E-state index contributed by atoms with van der Waals surface area (Å²) in [6, 6.07) is 5.21. The van der Waals surface area contributed by atoms with E-state index in [0.717, 1.165) is 43.0 Å². The Morgan fingerprint density at radius 3 is 2.24 bits per heavy atom. The minimum absolute atomic E-state index is 0.213. The summed E-state index contributed by atoms with van der Waals surface area (Å²) in [7, 11) is 0. The van der Waals surface area contributed by atoms with Gasteiger partial charge in [0, 0.05) is 6.92 Å². The van der Waals surface area contributed by atoms with E-state index in [1.807, 2.05) is 0 Å². The Bertz CT molecular complexity index is 545. The highest BCUT2D eigenvalue weighted by Crippen LogP contribution is 2.26. The standard InChI is InChI=1S/C19H27BrO5/c1-3-23-19(22)16-10-11-17(20)18(14-16)25-13-9-7-5-4-6-8-12-24-15(2)21/h10-11,14H,3-9,12-13H2,1-2H3. The number of ether oxygens (including phenoxy) is 3. The Morgan fingerprint density at radius 1 is 0.960 bits per heavy atom. The van der Waals surface area contributed by atoms with Crippen LogP contribution < -0.4 is 4.74 Å². The van der Waals surface area contributed by atoms with E-state index in [1.165, 1.54) is 6.92 Å². The molecule has 0 amide bonds. The SMILES string of the molecule is CCOC(=O)c1ccc(Br)c(OCCCCCCCCOC(C)=O)c1. The van der Waals surface area contributed by atoms with Crippen LogP contribution in [-0.2, 0) is 14.3 Å². The maximum Gasteiger partial charge on any atom is 0.338 e. The van der Waals surface area contributed by atoms with Gasteiger partial charge in [0.15, 0.2) is 0 Å². The van der Waals surface area contributed by atoms with E-state index in [2.05, 4.69) is 15.9 Å². The number of unbranched alkanes of at least 4 members (excludes halogenated alkanes) is 5. The van der Waals surface area contributed by atoms with Crippen molar-refractivity contribution >= 4 is 27.9 Å². The zero-order valence-corrected chi connectivity index (χ0v) is 16.6. The van der Waals surface area contributed by atoms with Crippen LogP contribution in [0.2, 0.25) is 0 Å². The molecule has 6 heteroatoms. The lowest BCUT2D eigenvalue weighted by molar-refractivity contribution is -0.141. The van der Waals surface area contributed by atoms with Crippen molar-refractivity contribution in [2.24, 2.45) is 0 Å². The van der Waals surface area contributed by atoms with Crippen molar-refractivity contribution in [3.8, 4) is 5.75 Å². The number of halogens is 1. The van der Waals surface area contributed by atoms with Crippen LogP contribution in [0.4, 0.5) is 0 Å². The molecule has 0 N–H and O–H groups in total. The van der Waals surface area contributed by atoms with Gasteiger partial charge in [0.1, 0.15) is 5.75 Å². The van der Waals surface area contributed by atoms with Crippen molar-refractivity contribution in [3.63, 3.8) is 0 Å². The number of hydrogen-bond donors (Lipinski definition) is 0. The van der Waals surface area contributed by atoms with Crippen molar-refractivity contribution in [1.82, 2.24) is 0 Å². The average Bonchev–Trinajstić information content (AvgIpc) is 2.58. The first-order valence-corrected chi connectivity index (χ1v) is 9.56. The van der Waals surface area contributed by atoms with Crippen molar-refractivity contribution in [2.45, 2.75) is 52.4 Å². The highest BCUT2D eigenvalue weighted by Gasteiger charge is 2.10. The summed E-state index contributed by atoms with van der Waals surface area (Å²) >= 11 is 3.43. The zero-order valence-electron chi connectivity index (χ0n) is 15.0. The maximum atomic E-state index is 11.7. The molecular formula is C19H27BrO5. The minimum Gasteiger partial charge on any atom is -0.492 e. The number of carbonyl (C=O) groups is 2. The second-order valence-corrected chi connectivity index (χ2v) is 6.53. The topological polar surface area (TPSA) is 61.8 Å². The molecule has 0 bridgehead atoms. The number of rotatable bonds is 12. The fourth-order valence-corrected chi connectivity index (χ4v) is 2.63. The molecule has 140 valence electrons. The Morgan fingerprint density at radius 2 is 1.60 bits per heavy atom. The molecule has 0 aliphatic carbocycles. The van der Waals surface area contributed by atoms with Crippen molar-refractivity contribution in [3.05, 3.63) is 28.2 Å². The first kappa shape index (κ1) is 21.5. The van der Waals surface area contributed by atoms with Gasteiger partial charge < -0.3 is 14.2 Å². The molecule has 0 aromatic heterocycles. The highest BCUT2D eigenvalue weighted by atomic mass is 79.9. The molecule has 0 aliphatic heterocycles. The molecule has 0 heterocycles. The molecule has 0 atom stereocenters. The normalized spacial score (nSPS) is 10.4. The predicted molar refractivity (Wildman–Crippen MR) is 99.9 cm³/mol. The molecule has 25 heavy (non-hydrogen) atoms. The lowest BCUT2D eigenvalue weighted by Gasteiger charge is -2.10. The van der Waals surface area contributed by atoms with Gasteiger partial charge in [0.2, 0.25) is 0 Å². The van der Waals surface area contributed by atoms with Crippen LogP contribution >= 0.6 is 15.9 Å². The smallest absolute Gasteiger partial charge is 0.338 e. The minimum atomic E-state index is -0.339. The van der Waals surface area contributed by atoms with Crippen LogP contribution in [0.1, 0.15) is 62.7 Å². The van der Waals surface area contributed by atoms with E-state index in [0.29, 0.717) is 31.1 Å². The van der Waals surface area contributed by atoms with Gasteiger partial charge in [-0.2, -0.15) is 0 Å². The van der Waals surface area contributed by atoms with E-state index in [1.54, 1.807) is 25.1 Å². The Kier molecular flexibility index (Phi) is 11.0. The molecule has 0 fully saturated rings. The molecular weight excluding hydrogens is 388 g/mol. The predicted octanol–water partition coefficient (Wildman–Crippen LogP) is 4.91. The first-order chi connectivity index (χ1) is 12.0. The fraction of sp³-hybridized carbons (Fsp3) is 0.579. The van der Waals surface area contributed by atoms with Crippen molar-refractivity contribution < 1.29 is 23.8 Å². The summed E-state index contributed by atoms with van der Waals surface area (Å²) in [4.78, 5) is 22.4. The number of carbonyl (C=O) groups excluding carboxylic acids is 2. The third kappa shape index (κ3) is 9.48. The molecule has 0 spiro atoms. The third-order valence-corrected chi connectivity index (χ3v) is 4.20. The maximum absolute atomic E-state index is 11.7. The van der Waals surface area contributed by atoms with E-state index in [9.17, 15) is 9.59 Å². The zero-order chi connectivity index (χ0) is 18.5. The van der Waals surface area contributed by atoms with Gasteiger partial charge in [0.05, 0.1) is 29.9 Å². The van der Waals surface area contributed by atoms with Crippen LogP contribution in [-0.4, -0.2) is 31.8 Å². The Hall–Kier alpha value is -1.56. The highest BCUT2D eigenvalue weighted by molar-refractivity contribution is 9.10. The fourth-order valence-electron chi connectivity index (χ4n) is 2.26. The van der Waals surface area contributed by atoms with Gasteiger partial charge in [-0.15, -0.1) is 0 Å². The molecule has 1 aromatic carbocycles. The van der Waals surface area contributed by atoms with E-state index >= 15 is 0 Å². The van der Waals surface area contributed by atoms with Gasteiger partial charge in [0.25, 0.3) is 0 Å². The van der Waals surface area contributed by atoms with Crippen molar-refractivity contribution in [2.75, 3.05) is 19.8 Å². The molecule has 0 unspecified atom stereocenters. The van der Waals surface area contributed by atoms with Crippen LogP contribution in [0.15, 0.2) is 22.7 Å². The van der Waals surface area contributed by atoms with Gasteiger partial charge in [-0.25, -0.2) is 4.79 Å². The summed E-state index contributed by atoms with van der Waals surface area (Å²) in [6.45, 7) is 4.69. The summed E-state index contributed by atoms with van der Waals surface area (Å²) < 4.78 is 16.5. The largest absolute Gasteiger partial charge is 0.492 e. The van der Waals surface area contributed by atoms with E-state index in [4.69, 9.17) is 14.2 Å². The summed E-state index contributed by atoms with van der Waals surface area (Å²) in [5, 5.41) is 0. The van der Waals surface area contributed by atoms with Gasteiger partial charge in [-0.3, -0.25) is 4.79 Å². The van der Waals surface area contributed by atoms with E-state index < -0.39 is 0 Å². The van der Waals surface area contributed by atoms with Crippen LogP contribution in [0, 0.1) is 0 Å². The third-order valence-electron chi connectivity index (χ3n) is 3.54. The quantitative estimate of drug-likeness (QED) is 0.359. The number of benzene rings is 1. The van der Waals surface area contributed by atoms with Gasteiger partial charge in [-0.05, 0) is 53.9 Å². The average molecular weight is 415 g/mol. The summed E-state index contributed by atoms with van der Waals surface area (Å²) in [5.74, 6) is 0.107. The molecule has 5 nitrogen and oxygen atoms in total. The number of esters is 2. The van der Waals surface area contributed by atoms with Crippen LogP contribution in [0.25, 0.3) is 0 Å². The Balaban J connectivity index is 2.18. The van der Waals surface area contributed by atoms with Gasteiger partial charge in [-0.1, -0.05) is 25.7 Å². The summed E-state index contributed by atoms with van der Waals surface area (Å²) in [5.41, 5.74) is 0.493. The molecule has 1 aromatic rings. The molecule has 0 radical (unpaired) electrons. The molecule has 0 saturated heterocycles. The molecule has 1 rings (SSSR count). The molecule has 0 saturated carbocycles. The van der Waals surface area contributed by atoms with Crippen molar-refractivity contribution in [1.29, 1.82) is 0 Å². The Labute approximate surface area is 158 Å². The number of hydrogen-bond acceptors (Lipinski definition) is 5. The first-order valence-electron chi connectivity index (χ1n) is 8.77. The lowest BCUT2D eigenvalue weighted by Crippen LogP contribution is -2.05. The van der Waals surface area contributed by atoms with E-state index in [-0.39, 0.29) is 11.9 Å². The van der Waals surface area contributed by atoms with Crippen LogP contribution in [0.3, 0.4) is 0 Å². The van der Waals surface area contributed by atoms with Gasteiger partial charge >= 0.3 is 11.9 Å².